The Hall–Kier alpha value is -1.55. The summed E-state index contributed by atoms with van der Waals surface area (Å²) in [6.07, 6.45) is 3.42. The van der Waals surface area contributed by atoms with Crippen LogP contribution in [0.1, 0.15) is 43.5 Å². The maximum atomic E-state index is 12.7. The Balaban J connectivity index is 2.12. The van der Waals surface area contributed by atoms with Crippen molar-refractivity contribution in [3.05, 3.63) is 29.8 Å². The highest BCUT2D eigenvalue weighted by atomic mass is 16.5. The molecule has 1 aliphatic carbocycles. The average Bonchev–Trinajstić information content (AvgIpc) is 2.93. The second kappa shape index (κ2) is 6.94. The molecule has 21 heavy (non-hydrogen) atoms. The van der Waals surface area contributed by atoms with Crippen molar-refractivity contribution in [2.45, 2.75) is 45.3 Å². The summed E-state index contributed by atoms with van der Waals surface area (Å²) in [5, 5.41) is 0. The molecule has 116 valence electrons. The molecule has 4 heteroatoms. The molecule has 0 heterocycles. The summed E-state index contributed by atoms with van der Waals surface area (Å²) in [5.41, 5.74) is 6.50. The van der Waals surface area contributed by atoms with Crippen molar-refractivity contribution in [1.82, 2.24) is 4.90 Å². The van der Waals surface area contributed by atoms with Crippen molar-refractivity contribution >= 4 is 5.91 Å². The predicted octanol–water partition coefficient (Wildman–Crippen LogP) is 2.67. The van der Waals surface area contributed by atoms with Gasteiger partial charge in [-0.1, -0.05) is 12.5 Å². The number of amides is 1. The van der Waals surface area contributed by atoms with Crippen LogP contribution in [0.3, 0.4) is 0 Å². The molecular formula is C17H26N2O2. The quantitative estimate of drug-likeness (QED) is 0.907. The minimum Gasteiger partial charge on any atom is -0.491 e. The molecule has 0 aliphatic heterocycles. The van der Waals surface area contributed by atoms with Gasteiger partial charge in [0.05, 0.1) is 6.10 Å². The largest absolute Gasteiger partial charge is 0.491 e. The number of rotatable bonds is 5. The van der Waals surface area contributed by atoms with Crippen LogP contribution in [-0.4, -0.2) is 36.5 Å². The van der Waals surface area contributed by atoms with Crippen molar-refractivity contribution in [3.63, 3.8) is 0 Å². The average molecular weight is 290 g/mol. The lowest BCUT2D eigenvalue weighted by Crippen LogP contribution is -2.41. The van der Waals surface area contributed by atoms with E-state index in [1.54, 1.807) is 0 Å². The molecule has 1 amide bonds. The summed E-state index contributed by atoms with van der Waals surface area (Å²) < 4.78 is 5.66. The summed E-state index contributed by atoms with van der Waals surface area (Å²) in [6, 6.07) is 7.68. The molecular weight excluding hydrogens is 264 g/mol. The van der Waals surface area contributed by atoms with Crippen LogP contribution in [0.4, 0.5) is 0 Å². The zero-order valence-corrected chi connectivity index (χ0v) is 13.2. The lowest BCUT2D eigenvalue weighted by atomic mass is 10.0. The van der Waals surface area contributed by atoms with Crippen molar-refractivity contribution in [3.8, 4) is 5.75 Å². The number of benzene rings is 1. The second-order valence-corrected chi connectivity index (χ2v) is 6.10. The number of hydrogen-bond acceptors (Lipinski definition) is 3. The number of ether oxygens (including phenoxy) is 1. The van der Waals surface area contributed by atoms with Crippen molar-refractivity contribution in [2.75, 3.05) is 13.6 Å². The van der Waals surface area contributed by atoms with E-state index in [2.05, 4.69) is 0 Å². The van der Waals surface area contributed by atoms with Crippen molar-refractivity contribution in [1.29, 1.82) is 0 Å². The first-order valence-electron chi connectivity index (χ1n) is 7.77. The van der Waals surface area contributed by atoms with Crippen molar-refractivity contribution < 1.29 is 9.53 Å². The number of nitrogens with zero attached hydrogens (tertiary/aromatic N) is 1. The van der Waals surface area contributed by atoms with E-state index in [0.29, 0.717) is 18.0 Å². The zero-order valence-electron chi connectivity index (χ0n) is 13.2. The minimum absolute atomic E-state index is 0.0505. The van der Waals surface area contributed by atoms with Crippen LogP contribution in [0.5, 0.6) is 5.75 Å². The van der Waals surface area contributed by atoms with Crippen LogP contribution in [0.15, 0.2) is 24.3 Å². The molecule has 1 aliphatic rings. The van der Waals surface area contributed by atoms with Gasteiger partial charge in [0.15, 0.2) is 0 Å². The molecule has 2 atom stereocenters. The predicted molar refractivity (Wildman–Crippen MR) is 84.5 cm³/mol. The van der Waals surface area contributed by atoms with Gasteiger partial charge < -0.3 is 15.4 Å². The van der Waals surface area contributed by atoms with Gasteiger partial charge in [-0.25, -0.2) is 0 Å². The van der Waals surface area contributed by atoms with Crippen LogP contribution in [-0.2, 0) is 0 Å². The first-order valence-corrected chi connectivity index (χ1v) is 7.77. The third kappa shape index (κ3) is 3.76. The molecule has 4 nitrogen and oxygen atoms in total. The number of hydrogen-bond donors (Lipinski definition) is 1. The topological polar surface area (TPSA) is 55.6 Å². The zero-order chi connectivity index (χ0) is 15.4. The molecule has 2 N–H and O–H groups in total. The highest BCUT2D eigenvalue weighted by molar-refractivity contribution is 5.94. The second-order valence-electron chi connectivity index (χ2n) is 6.10. The molecule has 0 saturated heterocycles. The first-order chi connectivity index (χ1) is 10.0. The molecule has 2 rings (SSSR count). The monoisotopic (exact) mass is 290 g/mol. The summed E-state index contributed by atoms with van der Waals surface area (Å²) in [4.78, 5) is 14.5. The van der Waals surface area contributed by atoms with E-state index in [0.717, 1.165) is 25.0 Å². The Morgan fingerprint density at radius 3 is 2.86 bits per heavy atom. The molecule has 0 aromatic heterocycles. The maximum absolute atomic E-state index is 12.7. The van der Waals surface area contributed by atoms with Gasteiger partial charge in [-0.3, -0.25) is 4.79 Å². The molecule has 0 bridgehead atoms. The highest BCUT2D eigenvalue weighted by Crippen LogP contribution is 2.29. The first kappa shape index (κ1) is 15.8. The Labute approximate surface area is 127 Å². The van der Waals surface area contributed by atoms with E-state index in [-0.39, 0.29) is 18.1 Å². The van der Waals surface area contributed by atoms with Gasteiger partial charge in [0.2, 0.25) is 0 Å². The molecule has 1 fully saturated rings. The normalized spacial score (nSPS) is 21.6. The van der Waals surface area contributed by atoms with Gasteiger partial charge in [0.1, 0.15) is 5.75 Å². The van der Waals surface area contributed by atoms with Crippen molar-refractivity contribution in [2.24, 2.45) is 11.7 Å². The van der Waals surface area contributed by atoms with Crippen LogP contribution in [0.2, 0.25) is 0 Å². The van der Waals surface area contributed by atoms with E-state index in [1.807, 2.05) is 50.1 Å². The fourth-order valence-corrected chi connectivity index (χ4v) is 3.13. The summed E-state index contributed by atoms with van der Waals surface area (Å²) in [6.45, 7) is 4.61. The van der Waals surface area contributed by atoms with Gasteiger partial charge in [0, 0.05) is 18.7 Å². The maximum Gasteiger partial charge on any atom is 0.253 e. The minimum atomic E-state index is 0.0505. The molecule has 0 radical (unpaired) electrons. The number of carbonyl (C=O) groups excluding carboxylic acids is 1. The third-order valence-electron chi connectivity index (χ3n) is 4.19. The van der Waals surface area contributed by atoms with Gasteiger partial charge >= 0.3 is 0 Å². The molecule has 0 spiro atoms. The molecule has 1 aromatic rings. The number of nitrogens with two attached hydrogens (primary N) is 1. The van der Waals surface area contributed by atoms with Gasteiger partial charge in [-0.05, 0) is 57.4 Å². The van der Waals surface area contributed by atoms with Gasteiger partial charge in [0.25, 0.3) is 5.91 Å². The highest BCUT2D eigenvalue weighted by Gasteiger charge is 2.32. The van der Waals surface area contributed by atoms with E-state index < -0.39 is 0 Å². The Morgan fingerprint density at radius 2 is 2.19 bits per heavy atom. The van der Waals surface area contributed by atoms with E-state index in [4.69, 9.17) is 10.5 Å². The molecule has 2 unspecified atom stereocenters. The van der Waals surface area contributed by atoms with Crippen LogP contribution >= 0.6 is 0 Å². The Morgan fingerprint density at radius 1 is 1.43 bits per heavy atom. The van der Waals surface area contributed by atoms with Crippen LogP contribution in [0.25, 0.3) is 0 Å². The molecule has 1 aromatic carbocycles. The number of carbonyl (C=O) groups is 1. The summed E-state index contributed by atoms with van der Waals surface area (Å²) >= 11 is 0. The SMILES string of the molecule is CC(C)Oc1cccc(C(=O)N(C)C2CCCC2CN)c1. The van der Waals surface area contributed by atoms with E-state index >= 15 is 0 Å². The van der Waals surface area contributed by atoms with Crippen LogP contribution in [0, 0.1) is 5.92 Å². The Bertz CT molecular complexity index is 487. The van der Waals surface area contributed by atoms with Gasteiger partial charge in [-0.2, -0.15) is 0 Å². The standard InChI is InChI=1S/C17H26N2O2/c1-12(2)21-15-8-4-6-13(10-15)17(20)19(3)16-9-5-7-14(16)11-18/h4,6,8,10,12,14,16H,5,7,9,11,18H2,1-3H3. The smallest absolute Gasteiger partial charge is 0.253 e. The lowest BCUT2D eigenvalue weighted by molar-refractivity contribution is 0.0699. The van der Waals surface area contributed by atoms with E-state index in [9.17, 15) is 4.79 Å². The van der Waals surface area contributed by atoms with Gasteiger partial charge in [-0.15, -0.1) is 0 Å². The van der Waals surface area contributed by atoms with E-state index in [1.165, 1.54) is 0 Å². The lowest BCUT2D eigenvalue weighted by Gasteiger charge is -2.29. The van der Waals surface area contributed by atoms with Crippen LogP contribution < -0.4 is 10.5 Å². The fraction of sp³-hybridized carbons (Fsp3) is 0.588. The summed E-state index contributed by atoms with van der Waals surface area (Å²) in [5.74, 6) is 1.22. The fourth-order valence-electron chi connectivity index (χ4n) is 3.13. The Kier molecular flexibility index (Phi) is 5.23. The third-order valence-corrected chi connectivity index (χ3v) is 4.19. The summed E-state index contributed by atoms with van der Waals surface area (Å²) in [7, 11) is 1.89. The molecule has 1 saturated carbocycles.